The van der Waals surface area contributed by atoms with Crippen LogP contribution >= 0.6 is 23.7 Å². The summed E-state index contributed by atoms with van der Waals surface area (Å²) in [6.07, 6.45) is 0. The molecule has 4 aromatic rings. The summed E-state index contributed by atoms with van der Waals surface area (Å²) in [5.74, 6) is 2.41. The highest BCUT2D eigenvalue weighted by Crippen LogP contribution is 2.39. The number of rotatable bonds is 7. The first-order chi connectivity index (χ1) is 16.6. The van der Waals surface area contributed by atoms with E-state index < -0.39 is 0 Å². The average molecular weight is 512 g/mol. The molecule has 0 saturated carbocycles. The molecular formula is C26H26ClN3O4S. The number of para-hydroxylation sites is 2. The second-order valence-corrected chi connectivity index (χ2v) is 9.14. The van der Waals surface area contributed by atoms with Crippen LogP contribution in [0.25, 0.3) is 10.2 Å². The second kappa shape index (κ2) is 10.9. The van der Waals surface area contributed by atoms with Crippen molar-refractivity contribution in [2.75, 3.05) is 45.3 Å². The first kappa shape index (κ1) is 24.8. The van der Waals surface area contributed by atoms with Gasteiger partial charge in [-0.25, -0.2) is 4.98 Å². The minimum absolute atomic E-state index is 0. The van der Waals surface area contributed by atoms with Gasteiger partial charge in [0.1, 0.15) is 24.7 Å². The summed E-state index contributed by atoms with van der Waals surface area (Å²) < 4.78 is 18.4. The SMILES string of the molecule is CN(C)CCN(C(=O)c1ccccc1Oc1ccccc1)c1nc2cc3c(cc2s1)OCCO3.Cl. The molecule has 0 N–H and O–H groups in total. The van der Waals surface area contributed by atoms with Crippen LogP contribution in [0.2, 0.25) is 0 Å². The van der Waals surface area contributed by atoms with Crippen LogP contribution in [0.1, 0.15) is 10.4 Å². The molecule has 9 heteroatoms. The Kier molecular flexibility index (Phi) is 7.75. The lowest BCUT2D eigenvalue weighted by molar-refractivity contribution is 0.0983. The van der Waals surface area contributed by atoms with Gasteiger partial charge in [0.15, 0.2) is 16.6 Å². The Morgan fingerprint density at radius 2 is 1.66 bits per heavy atom. The fourth-order valence-corrected chi connectivity index (χ4v) is 4.65. The monoisotopic (exact) mass is 511 g/mol. The molecular weight excluding hydrogens is 486 g/mol. The van der Waals surface area contributed by atoms with Gasteiger partial charge >= 0.3 is 0 Å². The number of benzene rings is 3. The zero-order chi connectivity index (χ0) is 23.5. The van der Waals surface area contributed by atoms with Crippen molar-refractivity contribution in [3.05, 3.63) is 72.3 Å². The molecule has 0 unspecified atom stereocenters. The number of nitrogens with zero attached hydrogens (tertiary/aromatic N) is 3. The molecule has 0 atom stereocenters. The third-order valence-electron chi connectivity index (χ3n) is 5.38. The van der Waals surface area contributed by atoms with Crippen molar-refractivity contribution in [2.45, 2.75) is 0 Å². The molecule has 1 aromatic heterocycles. The van der Waals surface area contributed by atoms with E-state index in [9.17, 15) is 4.79 Å². The smallest absolute Gasteiger partial charge is 0.263 e. The van der Waals surface area contributed by atoms with Gasteiger partial charge in [-0.2, -0.15) is 0 Å². The van der Waals surface area contributed by atoms with E-state index in [0.717, 1.165) is 10.2 Å². The normalized spacial score (nSPS) is 12.3. The summed E-state index contributed by atoms with van der Waals surface area (Å²) in [6, 6.07) is 20.6. The van der Waals surface area contributed by atoms with E-state index in [1.54, 1.807) is 11.0 Å². The predicted octanol–water partition coefficient (Wildman–Crippen LogP) is 5.49. The van der Waals surface area contributed by atoms with Crippen molar-refractivity contribution in [3.63, 3.8) is 0 Å². The molecule has 1 aliphatic heterocycles. The minimum atomic E-state index is -0.162. The number of carbonyl (C=O) groups is 1. The standard InChI is InChI=1S/C26H25N3O4S.ClH/c1-28(2)12-13-29(26-27-20-16-22-23(17-24(20)34-26)32-15-14-31-22)25(30)19-10-6-7-11-21(19)33-18-8-4-3-5-9-18;/h3-11,16-17H,12-15H2,1-2H3;1H. The van der Waals surface area contributed by atoms with Gasteiger partial charge in [0, 0.05) is 25.2 Å². The minimum Gasteiger partial charge on any atom is -0.486 e. The zero-order valence-corrected chi connectivity index (χ0v) is 21.1. The van der Waals surface area contributed by atoms with Crippen LogP contribution in [-0.4, -0.2) is 56.2 Å². The molecule has 1 amide bonds. The van der Waals surface area contributed by atoms with Gasteiger partial charge in [0.25, 0.3) is 5.91 Å². The first-order valence-electron chi connectivity index (χ1n) is 11.1. The maximum Gasteiger partial charge on any atom is 0.263 e. The average Bonchev–Trinajstić information content (AvgIpc) is 3.25. The van der Waals surface area contributed by atoms with Crippen LogP contribution in [0, 0.1) is 0 Å². The third kappa shape index (κ3) is 5.51. The van der Waals surface area contributed by atoms with Gasteiger partial charge < -0.3 is 19.1 Å². The third-order valence-corrected chi connectivity index (χ3v) is 6.42. The number of anilines is 1. The van der Waals surface area contributed by atoms with Crippen LogP contribution in [0.3, 0.4) is 0 Å². The van der Waals surface area contributed by atoms with E-state index in [2.05, 4.69) is 0 Å². The summed E-state index contributed by atoms with van der Waals surface area (Å²) in [5.41, 5.74) is 1.26. The number of amides is 1. The number of halogens is 1. The zero-order valence-electron chi connectivity index (χ0n) is 19.5. The van der Waals surface area contributed by atoms with Crippen LogP contribution in [0.15, 0.2) is 66.7 Å². The van der Waals surface area contributed by atoms with Crippen molar-refractivity contribution in [3.8, 4) is 23.0 Å². The number of ether oxygens (including phenoxy) is 3. The molecule has 3 aromatic carbocycles. The fourth-order valence-electron chi connectivity index (χ4n) is 3.65. The molecule has 35 heavy (non-hydrogen) atoms. The van der Waals surface area contributed by atoms with Crippen molar-refractivity contribution >= 4 is 45.0 Å². The first-order valence-corrected chi connectivity index (χ1v) is 11.9. The number of hydrogen-bond acceptors (Lipinski definition) is 7. The van der Waals surface area contributed by atoms with Crippen molar-refractivity contribution in [2.24, 2.45) is 0 Å². The molecule has 182 valence electrons. The summed E-state index contributed by atoms with van der Waals surface area (Å²) in [5, 5.41) is 0.624. The number of likely N-dealkylation sites (N-methyl/N-ethyl adjacent to an activating group) is 1. The highest BCUT2D eigenvalue weighted by Gasteiger charge is 2.25. The number of carbonyl (C=O) groups excluding carboxylic acids is 1. The lowest BCUT2D eigenvalue weighted by Gasteiger charge is -2.23. The lowest BCUT2D eigenvalue weighted by Crippen LogP contribution is -2.36. The van der Waals surface area contributed by atoms with Gasteiger partial charge in [0.05, 0.1) is 15.8 Å². The molecule has 0 fully saturated rings. The van der Waals surface area contributed by atoms with Crippen LogP contribution < -0.4 is 19.1 Å². The van der Waals surface area contributed by atoms with E-state index in [1.807, 2.05) is 79.7 Å². The molecule has 0 bridgehead atoms. The number of fused-ring (bicyclic) bond motifs is 2. The highest BCUT2D eigenvalue weighted by molar-refractivity contribution is 7.22. The number of aromatic nitrogens is 1. The molecule has 7 nitrogen and oxygen atoms in total. The molecule has 0 spiro atoms. The van der Waals surface area contributed by atoms with Gasteiger partial charge in [-0.1, -0.05) is 41.7 Å². The molecule has 0 aliphatic carbocycles. The quantitative estimate of drug-likeness (QED) is 0.327. The molecule has 1 aliphatic rings. The Morgan fingerprint density at radius 1 is 0.971 bits per heavy atom. The Balaban J connectivity index is 0.00000289. The Morgan fingerprint density at radius 3 is 2.40 bits per heavy atom. The highest BCUT2D eigenvalue weighted by atomic mass is 35.5. The topological polar surface area (TPSA) is 64.1 Å². The Bertz CT molecular complexity index is 1270. The predicted molar refractivity (Wildman–Crippen MR) is 141 cm³/mol. The van der Waals surface area contributed by atoms with Gasteiger partial charge in [0.2, 0.25) is 0 Å². The van der Waals surface area contributed by atoms with Crippen molar-refractivity contribution < 1.29 is 19.0 Å². The largest absolute Gasteiger partial charge is 0.486 e. The second-order valence-electron chi connectivity index (χ2n) is 8.13. The molecule has 5 rings (SSSR count). The van der Waals surface area contributed by atoms with Crippen LogP contribution in [0.5, 0.6) is 23.0 Å². The molecule has 0 radical (unpaired) electrons. The summed E-state index contributed by atoms with van der Waals surface area (Å²) in [7, 11) is 3.96. The van der Waals surface area contributed by atoms with Gasteiger partial charge in [-0.15, -0.1) is 12.4 Å². The van der Waals surface area contributed by atoms with Crippen LogP contribution in [-0.2, 0) is 0 Å². The maximum absolute atomic E-state index is 13.8. The lowest BCUT2D eigenvalue weighted by atomic mass is 10.1. The number of thiazole rings is 1. The van der Waals surface area contributed by atoms with Crippen molar-refractivity contribution in [1.29, 1.82) is 0 Å². The van der Waals surface area contributed by atoms with E-state index in [1.165, 1.54) is 11.3 Å². The molecule has 0 saturated heterocycles. The summed E-state index contributed by atoms with van der Waals surface area (Å²) in [4.78, 5) is 22.4. The fraction of sp³-hybridized carbons (Fsp3) is 0.231. The van der Waals surface area contributed by atoms with E-state index in [0.29, 0.717) is 60.0 Å². The van der Waals surface area contributed by atoms with E-state index >= 15 is 0 Å². The number of hydrogen-bond donors (Lipinski definition) is 0. The Labute approximate surface area is 214 Å². The van der Waals surface area contributed by atoms with E-state index in [-0.39, 0.29) is 18.3 Å². The van der Waals surface area contributed by atoms with Crippen LogP contribution in [0.4, 0.5) is 5.13 Å². The van der Waals surface area contributed by atoms with E-state index in [4.69, 9.17) is 19.2 Å². The summed E-state index contributed by atoms with van der Waals surface area (Å²) in [6.45, 7) is 2.21. The summed E-state index contributed by atoms with van der Waals surface area (Å²) >= 11 is 1.46. The van der Waals surface area contributed by atoms with Crippen molar-refractivity contribution in [1.82, 2.24) is 9.88 Å². The maximum atomic E-state index is 13.8. The van der Waals surface area contributed by atoms with Gasteiger partial charge in [-0.05, 0) is 38.4 Å². The Hall–Kier alpha value is -3.33. The van der Waals surface area contributed by atoms with Gasteiger partial charge in [-0.3, -0.25) is 9.69 Å². The molecule has 2 heterocycles.